The lowest BCUT2D eigenvalue weighted by Crippen LogP contribution is -2.41. The summed E-state index contributed by atoms with van der Waals surface area (Å²) in [5.41, 5.74) is 7.86. The molecule has 22 heavy (non-hydrogen) atoms. The number of nitrogens with zero attached hydrogens (tertiary/aromatic N) is 1. The maximum absolute atomic E-state index is 13.4. The second-order valence-electron chi connectivity index (χ2n) is 7.24. The van der Waals surface area contributed by atoms with Gasteiger partial charge < -0.3 is 19.9 Å². The van der Waals surface area contributed by atoms with Crippen LogP contribution in [0.1, 0.15) is 34.1 Å². The summed E-state index contributed by atoms with van der Waals surface area (Å²) in [6.45, 7) is 9.22. The first-order chi connectivity index (χ1) is 10.2. The van der Waals surface area contributed by atoms with Gasteiger partial charge in [0.2, 0.25) is 0 Å². The molecule has 6 heteroatoms. The van der Waals surface area contributed by atoms with Crippen LogP contribution in [0.2, 0.25) is 0 Å². The summed E-state index contributed by atoms with van der Waals surface area (Å²) >= 11 is 0. The summed E-state index contributed by atoms with van der Waals surface area (Å²) in [5, 5.41) is 0. The monoisotopic (exact) mass is 306 g/mol. The third-order valence-electron chi connectivity index (χ3n) is 5.05. The first-order valence-corrected chi connectivity index (χ1v) is 7.84. The minimum Gasteiger partial charge on any atom is -0.399 e. The number of hydrogen-bond donors (Lipinski definition) is 1. The number of anilines is 2. The molecule has 0 bridgehead atoms. The molecule has 0 radical (unpaired) electrons. The highest BCUT2D eigenvalue weighted by molar-refractivity contribution is 6.62. The van der Waals surface area contributed by atoms with Gasteiger partial charge in [0, 0.05) is 13.1 Å². The Hall–Kier alpha value is -1.27. The van der Waals surface area contributed by atoms with E-state index in [1.807, 2.05) is 50.8 Å². The maximum atomic E-state index is 13.4. The smallest absolute Gasteiger partial charge is 0.399 e. The molecule has 4 nitrogen and oxygen atoms in total. The van der Waals surface area contributed by atoms with Crippen molar-refractivity contribution in [3.8, 4) is 0 Å². The highest BCUT2D eigenvalue weighted by Gasteiger charge is 2.51. The molecule has 2 saturated heterocycles. The summed E-state index contributed by atoms with van der Waals surface area (Å²) in [4.78, 5) is 1.99. The van der Waals surface area contributed by atoms with E-state index in [1.54, 1.807) is 0 Å². The normalized spacial score (nSPS) is 26.7. The van der Waals surface area contributed by atoms with Crippen LogP contribution in [0, 0.1) is 0 Å². The molecule has 2 heterocycles. The Bertz CT molecular complexity index is 563. The molecule has 0 aliphatic carbocycles. The van der Waals surface area contributed by atoms with Crippen LogP contribution in [-0.4, -0.2) is 37.6 Å². The van der Waals surface area contributed by atoms with Gasteiger partial charge in [0.15, 0.2) is 0 Å². The molecule has 0 spiro atoms. The Balaban J connectivity index is 1.81. The SMILES string of the molecule is CC1(C)OB(c2ccc(N3CC[C@@H](F)C3)c(N)c2)OC1(C)C. The van der Waals surface area contributed by atoms with E-state index >= 15 is 0 Å². The standard InChI is InChI=1S/C16H24BFN2O2/c1-15(2)16(3,4)22-17(21-15)11-5-6-14(13(19)9-11)20-8-7-12(18)10-20/h5-6,9,12H,7-8,10,19H2,1-4H3/t12-/m1/s1. The van der Waals surface area contributed by atoms with E-state index in [9.17, 15) is 4.39 Å². The molecule has 2 fully saturated rings. The summed E-state index contributed by atoms with van der Waals surface area (Å²) < 4.78 is 25.4. The molecule has 2 aliphatic heterocycles. The fraction of sp³-hybridized carbons (Fsp3) is 0.625. The van der Waals surface area contributed by atoms with Crippen LogP contribution in [0.25, 0.3) is 0 Å². The lowest BCUT2D eigenvalue weighted by molar-refractivity contribution is 0.00578. The fourth-order valence-corrected chi connectivity index (χ4v) is 2.92. The highest BCUT2D eigenvalue weighted by atomic mass is 19.1. The van der Waals surface area contributed by atoms with Crippen molar-refractivity contribution < 1.29 is 13.7 Å². The number of nitrogens with two attached hydrogens (primary N) is 1. The van der Waals surface area contributed by atoms with Gasteiger partial charge in [-0.1, -0.05) is 6.07 Å². The second-order valence-corrected chi connectivity index (χ2v) is 7.24. The zero-order chi connectivity index (χ0) is 16.1. The van der Waals surface area contributed by atoms with Gasteiger partial charge in [-0.05, 0) is 51.7 Å². The van der Waals surface area contributed by atoms with Gasteiger partial charge in [0.1, 0.15) is 6.17 Å². The van der Waals surface area contributed by atoms with Gasteiger partial charge in [-0.2, -0.15) is 0 Å². The average molecular weight is 306 g/mol. The van der Waals surface area contributed by atoms with Crippen LogP contribution < -0.4 is 16.1 Å². The predicted octanol–water partition coefficient (Wildman–Crippen LogP) is 2.12. The molecule has 3 rings (SSSR count). The van der Waals surface area contributed by atoms with E-state index in [2.05, 4.69) is 0 Å². The topological polar surface area (TPSA) is 47.7 Å². The van der Waals surface area contributed by atoms with Crippen molar-refractivity contribution in [2.24, 2.45) is 0 Å². The van der Waals surface area contributed by atoms with Crippen LogP contribution in [-0.2, 0) is 9.31 Å². The number of rotatable bonds is 2. The molecule has 2 aliphatic rings. The van der Waals surface area contributed by atoms with Crippen LogP contribution >= 0.6 is 0 Å². The highest BCUT2D eigenvalue weighted by Crippen LogP contribution is 2.37. The summed E-state index contributed by atoms with van der Waals surface area (Å²) in [6, 6.07) is 5.77. The lowest BCUT2D eigenvalue weighted by Gasteiger charge is -2.32. The summed E-state index contributed by atoms with van der Waals surface area (Å²) in [6.07, 6.45) is -0.194. The fourth-order valence-electron chi connectivity index (χ4n) is 2.92. The lowest BCUT2D eigenvalue weighted by atomic mass is 9.79. The van der Waals surface area contributed by atoms with E-state index in [0.29, 0.717) is 25.2 Å². The molecular formula is C16H24BFN2O2. The zero-order valence-corrected chi connectivity index (χ0v) is 13.7. The Morgan fingerprint density at radius 3 is 2.36 bits per heavy atom. The van der Waals surface area contributed by atoms with Crippen molar-refractivity contribution >= 4 is 24.0 Å². The Morgan fingerprint density at radius 2 is 1.86 bits per heavy atom. The molecular weight excluding hydrogens is 282 g/mol. The minimum absolute atomic E-state index is 0.374. The summed E-state index contributed by atoms with van der Waals surface area (Å²) in [7, 11) is -0.422. The van der Waals surface area contributed by atoms with Gasteiger partial charge in [-0.15, -0.1) is 0 Å². The number of halogens is 1. The second kappa shape index (κ2) is 5.13. The van der Waals surface area contributed by atoms with Crippen molar-refractivity contribution in [1.82, 2.24) is 0 Å². The Kier molecular flexibility index (Phi) is 3.65. The van der Waals surface area contributed by atoms with Gasteiger partial charge in [-0.3, -0.25) is 0 Å². The van der Waals surface area contributed by atoms with Crippen LogP contribution in [0.3, 0.4) is 0 Å². The summed E-state index contributed by atoms with van der Waals surface area (Å²) in [5.74, 6) is 0. The largest absolute Gasteiger partial charge is 0.494 e. The number of benzene rings is 1. The first-order valence-electron chi connectivity index (χ1n) is 7.84. The number of alkyl halides is 1. The van der Waals surface area contributed by atoms with E-state index in [4.69, 9.17) is 15.0 Å². The van der Waals surface area contributed by atoms with Crippen LogP contribution in [0.4, 0.5) is 15.8 Å². The van der Waals surface area contributed by atoms with Gasteiger partial charge >= 0.3 is 7.12 Å². The average Bonchev–Trinajstić information content (AvgIpc) is 2.91. The van der Waals surface area contributed by atoms with Gasteiger partial charge in [-0.25, -0.2) is 4.39 Å². The van der Waals surface area contributed by atoms with Crippen molar-refractivity contribution in [1.29, 1.82) is 0 Å². The third-order valence-corrected chi connectivity index (χ3v) is 5.05. The first kappa shape index (κ1) is 15.6. The molecule has 2 N–H and O–H groups in total. The third kappa shape index (κ3) is 2.59. The Morgan fingerprint density at radius 1 is 1.23 bits per heavy atom. The number of hydrogen-bond acceptors (Lipinski definition) is 4. The quantitative estimate of drug-likeness (QED) is 0.671. The zero-order valence-electron chi connectivity index (χ0n) is 13.7. The molecule has 1 aromatic rings. The van der Waals surface area contributed by atoms with E-state index < -0.39 is 13.3 Å². The molecule has 1 atom stereocenters. The van der Waals surface area contributed by atoms with Crippen molar-refractivity contribution in [2.75, 3.05) is 23.7 Å². The van der Waals surface area contributed by atoms with E-state index in [-0.39, 0.29) is 11.2 Å². The van der Waals surface area contributed by atoms with Crippen molar-refractivity contribution in [3.05, 3.63) is 18.2 Å². The minimum atomic E-state index is -0.762. The van der Waals surface area contributed by atoms with Crippen molar-refractivity contribution in [3.63, 3.8) is 0 Å². The molecule has 0 amide bonds. The molecule has 120 valence electrons. The number of nitrogen functional groups attached to an aromatic ring is 1. The maximum Gasteiger partial charge on any atom is 0.494 e. The Labute approximate surface area is 131 Å². The van der Waals surface area contributed by atoms with E-state index in [0.717, 1.165) is 11.2 Å². The molecule has 0 saturated carbocycles. The van der Waals surface area contributed by atoms with Crippen LogP contribution in [0.15, 0.2) is 18.2 Å². The van der Waals surface area contributed by atoms with Crippen LogP contribution in [0.5, 0.6) is 0 Å². The molecule has 1 aromatic carbocycles. The predicted molar refractivity (Wildman–Crippen MR) is 88.3 cm³/mol. The van der Waals surface area contributed by atoms with E-state index in [1.165, 1.54) is 0 Å². The molecule has 0 aromatic heterocycles. The van der Waals surface area contributed by atoms with Gasteiger partial charge in [0.05, 0.1) is 22.6 Å². The molecule has 0 unspecified atom stereocenters. The van der Waals surface area contributed by atoms with Crippen molar-refractivity contribution in [2.45, 2.75) is 51.5 Å². The van der Waals surface area contributed by atoms with Gasteiger partial charge in [0.25, 0.3) is 0 Å².